The molecule has 0 atom stereocenters. The van der Waals surface area contributed by atoms with Crippen LogP contribution in [0, 0.1) is 3.57 Å². The van der Waals surface area contributed by atoms with Gasteiger partial charge in [0.05, 0.1) is 27.9 Å². The summed E-state index contributed by atoms with van der Waals surface area (Å²) in [6.07, 6.45) is 1.60. The average molecular weight is 476 g/mol. The van der Waals surface area contributed by atoms with Crippen LogP contribution in [0.5, 0.6) is 0 Å². The molecular formula is C15H17IN4O4S. The summed E-state index contributed by atoms with van der Waals surface area (Å²) in [6.45, 7) is 1.49. The van der Waals surface area contributed by atoms with Crippen molar-refractivity contribution in [1.29, 1.82) is 0 Å². The van der Waals surface area contributed by atoms with Crippen molar-refractivity contribution >= 4 is 44.2 Å². The van der Waals surface area contributed by atoms with Crippen molar-refractivity contribution in [2.75, 3.05) is 31.6 Å². The van der Waals surface area contributed by atoms with Gasteiger partial charge in [-0.2, -0.15) is 9.40 Å². The van der Waals surface area contributed by atoms with Gasteiger partial charge < -0.3 is 10.1 Å². The molecule has 1 saturated heterocycles. The number of nitrogens with zero attached hydrogens (tertiary/aromatic N) is 3. The first-order valence-electron chi connectivity index (χ1n) is 7.56. The highest BCUT2D eigenvalue weighted by Gasteiger charge is 2.26. The zero-order valence-electron chi connectivity index (χ0n) is 13.5. The van der Waals surface area contributed by atoms with E-state index in [-0.39, 0.29) is 10.8 Å². The summed E-state index contributed by atoms with van der Waals surface area (Å²) in [4.78, 5) is 12.5. The first-order chi connectivity index (χ1) is 11.9. The number of aryl methyl sites for hydroxylation is 1. The summed E-state index contributed by atoms with van der Waals surface area (Å²) in [5, 5.41) is 6.78. The second kappa shape index (κ2) is 7.40. The molecule has 3 rings (SSSR count). The van der Waals surface area contributed by atoms with Crippen molar-refractivity contribution < 1.29 is 17.9 Å². The molecular weight excluding hydrogens is 459 g/mol. The normalized spacial score (nSPS) is 15.9. The Bertz CT molecular complexity index is 854. The number of hydrogen-bond donors (Lipinski definition) is 1. The topological polar surface area (TPSA) is 93.5 Å². The lowest BCUT2D eigenvalue weighted by Gasteiger charge is -2.26. The van der Waals surface area contributed by atoms with E-state index in [1.54, 1.807) is 25.4 Å². The number of halogens is 1. The molecule has 1 aliphatic heterocycles. The van der Waals surface area contributed by atoms with E-state index in [1.807, 2.05) is 22.6 Å². The summed E-state index contributed by atoms with van der Waals surface area (Å²) in [6, 6.07) is 6.15. The second-order valence-electron chi connectivity index (χ2n) is 5.46. The Hall–Kier alpha value is -1.50. The summed E-state index contributed by atoms with van der Waals surface area (Å²) < 4.78 is 34.0. The van der Waals surface area contributed by atoms with Crippen molar-refractivity contribution in [3.05, 3.63) is 39.7 Å². The van der Waals surface area contributed by atoms with Gasteiger partial charge in [0, 0.05) is 25.8 Å². The van der Waals surface area contributed by atoms with Crippen LogP contribution in [0.2, 0.25) is 0 Å². The fourth-order valence-corrected chi connectivity index (χ4v) is 4.63. The molecule has 2 aromatic rings. The van der Waals surface area contributed by atoms with Crippen LogP contribution >= 0.6 is 22.6 Å². The Morgan fingerprint density at radius 2 is 1.88 bits per heavy atom. The SMILES string of the molecule is Cn1ncc(I)c1C(=O)Nc1ccc(S(=O)(=O)N2CCOCC2)cc1. The number of aromatic nitrogens is 2. The molecule has 1 N–H and O–H groups in total. The average Bonchev–Trinajstić information content (AvgIpc) is 2.95. The van der Waals surface area contributed by atoms with Gasteiger partial charge in [-0.25, -0.2) is 8.42 Å². The molecule has 0 bridgehead atoms. The second-order valence-corrected chi connectivity index (χ2v) is 8.56. The quantitative estimate of drug-likeness (QED) is 0.672. The van der Waals surface area contributed by atoms with E-state index in [0.717, 1.165) is 3.57 Å². The molecule has 134 valence electrons. The first-order valence-corrected chi connectivity index (χ1v) is 10.1. The van der Waals surface area contributed by atoms with Crippen LogP contribution < -0.4 is 5.32 Å². The number of benzene rings is 1. The number of carbonyl (C=O) groups is 1. The predicted molar refractivity (Wildman–Crippen MR) is 99.9 cm³/mol. The minimum absolute atomic E-state index is 0.197. The number of hydrogen-bond acceptors (Lipinski definition) is 5. The van der Waals surface area contributed by atoms with E-state index in [4.69, 9.17) is 4.74 Å². The third kappa shape index (κ3) is 3.86. The van der Waals surface area contributed by atoms with Crippen molar-refractivity contribution in [1.82, 2.24) is 14.1 Å². The third-order valence-electron chi connectivity index (χ3n) is 3.83. The molecule has 0 radical (unpaired) electrons. The third-order valence-corrected chi connectivity index (χ3v) is 6.53. The summed E-state index contributed by atoms with van der Waals surface area (Å²) in [5.41, 5.74) is 0.966. The molecule has 8 nitrogen and oxygen atoms in total. The maximum Gasteiger partial charge on any atom is 0.275 e. The largest absolute Gasteiger partial charge is 0.379 e. The molecule has 1 aliphatic rings. The minimum Gasteiger partial charge on any atom is -0.379 e. The van der Waals surface area contributed by atoms with Gasteiger partial charge in [0.15, 0.2) is 0 Å². The highest BCUT2D eigenvalue weighted by molar-refractivity contribution is 14.1. The van der Waals surface area contributed by atoms with Gasteiger partial charge in [-0.3, -0.25) is 9.48 Å². The lowest BCUT2D eigenvalue weighted by molar-refractivity contribution is 0.0730. The van der Waals surface area contributed by atoms with Gasteiger partial charge in [-0.15, -0.1) is 0 Å². The zero-order chi connectivity index (χ0) is 18.0. The standard InChI is InChI=1S/C15H17IN4O4S/c1-19-14(13(16)10-17-19)15(21)18-11-2-4-12(5-3-11)25(22,23)20-6-8-24-9-7-20/h2-5,10H,6-9H2,1H3,(H,18,21). The van der Waals surface area contributed by atoms with E-state index < -0.39 is 10.0 Å². The number of amides is 1. The summed E-state index contributed by atoms with van der Waals surface area (Å²) in [5.74, 6) is -0.298. The number of morpholine rings is 1. The van der Waals surface area contributed by atoms with Crippen LogP contribution in [0.15, 0.2) is 35.4 Å². The number of anilines is 1. The number of carbonyl (C=O) groups excluding carboxylic acids is 1. The Balaban J connectivity index is 1.75. The van der Waals surface area contributed by atoms with Gasteiger partial charge in [-0.1, -0.05) is 0 Å². The molecule has 2 heterocycles. The van der Waals surface area contributed by atoms with Gasteiger partial charge in [-0.05, 0) is 46.9 Å². The molecule has 0 spiro atoms. The number of rotatable bonds is 4. The fraction of sp³-hybridized carbons (Fsp3) is 0.333. The summed E-state index contributed by atoms with van der Waals surface area (Å²) in [7, 11) is -1.85. The maximum atomic E-state index is 12.6. The van der Waals surface area contributed by atoms with Crippen molar-refractivity contribution in [2.24, 2.45) is 7.05 Å². The van der Waals surface area contributed by atoms with E-state index in [9.17, 15) is 13.2 Å². The van der Waals surface area contributed by atoms with E-state index in [2.05, 4.69) is 10.4 Å². The van der Waals surface area contributed by atoms with Crippen LogP contribution in [-0.2, 0) is 21.8 Å². The molecule has 10 heteroatoms. The molecule has 1 aromatic carbocycles. The first kappa shape index (κ1) is 18.3. The molecule has 1 fully saturated rings. The number of ether oxygens (including phenoxy) is 1. The van der Waals surface area contributed by atoms with Crippen molar-refractivity contribution in [3.8, 4) is 0 Å². The van der Waals surface area contributed by atoms with E-state index in [0.29, 0.717) is 37.7 Å². The molecule has 25 heavy (non-hydrogen) atoms. The van der Waals surface area contributed by atoms with Gasteiger partial charge in [0.25, 0.3) is 5.91 Å². The van der Waals surface area contributed by atoms with Crippen LogP contribution in [0.1, 0.15) is 10.5 Å². The zero-order valence-corrected chi connectivity index (χ0v) is 16.5. The van der Waals surface area contributed by atoms with E-state index in [1.165, 1.54) is 21.1 Å². The Morgan fingerprint density at radius 1 is 1.24 bits per heavy atom. The Morgan fingerprint density at radius 3 is 2.44 bits per heavy atom. The number of sulfonamides is 1. The Labute approximate surface area is 159 Å². The van der Waals surface area contributed by atoms with E-state index >= 15 is 0 Å². The van der Waals surface area contributed by atoms with Crippen LogP contribution in [0.3, 0.4) is 0 Å². The fourth-order valence-electron chi connectivity index (χ4n) is 2.50. The van der Waals surface area contributed by atoms with Crippen molar-refractivity contribution in [2.45, 2.75) is 4.90 Å². The summed E-state index contributed by atoms with van der Waals surface area (Å²) >= 11 is 2.04. The smallest absolute Gasteiger partial charge is 0.275 e. The number of nitrogens with one attached hydrogen (secondary N) is 1. The van der Waals surface area contributed by atoms with Crippen LogP contribution in [0.25, 0.3) is 0 Å². The molecule has 0 aliphatic carbocycles. The van der Waals surface area contributed by atoms with Crippen LogP contribution in [-0.4, -0.2) is 54.7 Å². The molecule has 1 amide bonds. The highest BCUT2D eigenvalue weighted by atomic mass is 127. The monoisotopic (exact) mass is 476 g/mol. The van der Waals surface area contributed by atoms with Crippen LogP contribution in [0.4, 0.5) is 5.69 Å². The maximum absolute atomic E-state index is 12.6. The minimum atomic E-state index is -3.54. The van der Waals surface area contributed by atoms with Gasteiger partial charge in [0.2, 0.25) is 10.0 Å². The lowest BCUT2D eigenvalue weighted by atomic mass is 10.3. The Kier molecular flexibility index (Phi) is 5.41. The van der Waals surface area contributed by atoms with Gasteiger partial charge in [0.1, 0.15) is 5.69 Å². The lowest BCUT2D eigenvalue weighted by Crippen LogP contribution is -2.40. The van der Waals surface area contributed by atoms with Gasteiger partial charge >= 0.3 is 0 Å². The highest BCUT2D eigenvalue weighted by Crippen LogP contribution is 2.20. The van der Waals surface area contributed by atoms with Crippen molar-refractivity contribution in [3.63, 3.8) is 0 Å². The predicted octanol–water partition coefficient (Wildman–Crippen LogP) is 1.30. The molecule has 1 aromatic heterocycles. The molecule has 0 unspecified atom stereocenters. The molecule has 0 saturated carbocycles.